The molecule has 0 aliphatic heterocycles. The first kappa shape index (κ1) is 10.4. The van der Waals surface area contributed by atoms with E-state index in [-0.39, 0.29) is 6.10 Å². The van der Waals surface area contributed by atoms with Gasteiger partial charge < -0.3 is 5.11 Å². The molecule has 0 aliphatic rings. The SMILES string of the molecule is Cc1nsc(SCC(O)CBr)n1. The quantitative estimate of drug-likeness (QED) is 0.667. The molecule has 1 atom stereocenters. The number of aliphatic hydroxyl groups excluding tert-OH is 1. The Kier molecular flexibility index (Phi) is 4.49. The molecule has 0 aliphatic carbocycles. The summed E-state index contributed by atoms with van der Waals surface area (Å²) in [7, 11) is 0. The largest absolute Gasteiger partial charge is 0.391 e. The van der Waals surface area contributed by atoms with Gasteiger partial charge in [0.25, 0.3) is 0 Å². The maximum atomic E-state index is 9.21. The molecule has 3 nitrogen and oxygen atoms in total. The minimum absolute atomic E-state index is 0.306. The maximum Gasteiger partial charge on any atom is 0.170 e. The Hall–Kier alpha value is 0.350. The third-order valence-corrected chi connectivity index (χ3v) is 3.90. The van der Waals surface area contributed by atoms with Crippen molar-refractivity contribution in [3.63, 3.8) is 0 Å². The topological polar surface area (TPSA) is 46.0 Å². The number of hydrogen-bond acceptors (Lipinski definition) is 5. The minimum Gasteiger partial charge on any atom is -0.391 e. The third kappa shape index (κ3) is 3.38. The highest BCUT2D eigenvalue weighted by Crippen LogP contribution is 2.20. The average Bonchev–Trinajstić information content (AvgIpc) is 2.47. The van der Waals surface area contributed by atoms with E-state index in [4.69, 9.17) is 0 Å². The van der Waals surface area contributed by atoms with Gasteiger partial charge in [0.2, 0.25) is 0 Å². The van der Waals surface area contributed by atoms with Crippen LogP contribution >= 0.6 is 39.2 Å². The van der Waals surface area contributed by atoms with Gasteiger partial charge in [0.1, 0.15) is 5.82 Å². The van der Waals surface area contributed by atoms with Gasteiger partial charge in [0, 0.05) is 11.1 Å². The van der Waals surface area contributed by atoms with Crippen molar-refractivity contribution in [1.82, 2.24) is 9.36 Å². The van der Waals surface area contributed by atoms with Crippen LogP contribution in [0.4, 0.5) is 0 Å². The first-order valence-corrected chi connectivity index (χ1v) is 6.27. The van der Waals surface area contributed by atoms with Gasteiger partial charge in [-0.2, -0.15) is 4.37 Å². The molecular weight excluding hydrogens is 260 g/mol. The van der Waals surface area contributed by atoms with Crippen LogP contribution in [0.3, 0.4) is 0 Å². The molecule has 1 heterocycles. The van der Waals surface area contributed by atoms with E-state index in [1.54, 1.807) is 0 Å². The average molecular weight is 269 g/mol. The summed E-state index contributed by atoms with van der Waals surface area (Å²) >= 11 is 6.11. The molecule has 0 amide bonds. The number of halogens is 1. The molecule has 1 N–H and O–H groups in total. The van der Waals surface area contributed by atoms with Crippen molar-refractivity contribution in [2.75, 3.05) is 11.1 Å². The van der Waals surface area contributed by atoms with Crippen LogP contribution in [-0.4, -0.2) is 31.7 Å². The molecule has 6 heteroatoms. The van der Waals surface area contributed by atoms with E-state index in [2.05, 4.69) is 25.3 Å². The molecule has 1 aromatic rings. The Bertz CT molecular complexity index is 243. The zero-order chi connectivity index (χ0) is 8.97. The monoisotopic (exact) mass is 268 g/mol. The zero-order valence-corrected chi connectivity index (χ0v) is 9.75. The Labute approximate surface area is 87.9 Å². The molecule has 0 saturated carbocycles. The molecule has 0 bridgehead atoms. The standard InChI is InChI=1S/C6H9BrN2OS2/c1-4-8-6(12-9-4)11-3-5(10)2-7/h5,10H,2-3H2,1H3. The lowest BCUT2D eigenvalue weighted by Gasteiger charge is -2.02. The second kappa shape index (κ2) is 5.16. The summed E-state index contributed by atoms with van der Waals surface area (Å²) in [5.74, 6) is 1.47. The van der Waals surface area contributed by atoms with E-state index in [1.165, 1.54) is 23.3 Å². The summed E-state index contributed by atoms with van der Waals surface area (Å²) in [6.07, 6.45) is -0.306. The van der Waals surface area contributed by atoms with Crippen LogP contribution in [-0.2, 0) is 0 Å². The van der Waals surface area contributed by atoms with Crippen LogP contribution in [0.15, 0.2) is 4.34 Å². The minimum atomic E-state index is -0.306. The van der Waals surface area contributed by atoms with Gasteiger partial charge in [-0.3, -0.25) is 0 Å². The van der Waals surface area contributed by atoms with Gasteiger partial charge in [-0.15, -0.1) is 0 Å². The maximum absolute atomic E-state index is 9.21. The summed E-state index contributed by atoms with van der Waals surface area (Å²) in [6, 6.07) is 0. The van der Waals surface area contributed by atoms with Crippen LogP contribution in [0.2, 0.25) is 0 Å². The number of alkyl halides is 1. The number of aliphatic hydroxyl groups is 1. The number of rotatable bonds is 4. The van der Waals surface area contributed by atoms with E-state index in [0.29, 0.717) is 11.1 Å². The summed E-state index contributed by atoms with van der Waals surface area (Å²) in [4.78, 5) is 4.16. The molecule has 1 rings (SSSR count). The first-order chi connectivity index (χ1) is 5.72. The van der Waals surface area contributed by atoms with E-state index in [9.17, 15) is 5.11 Å². The molecule has 12 heavy (non-hydrogen) atoms. The molecule has 1 unspecified atom stereocenters. The fraction of sp³-hybridized carbons (Fsp3) is 0.667. The number of hydrogen-bond donors (Lipinski definition) is 1. The normalized spacial score (nSPS) is 13.2. The van der Waals surface area contributed by atoms with Gasteiger partial charge in [0.05, 0.1) is 6.10 Å². The van der Waals surface area contributed by atoms with Crippen molar-refractivity contribution >= 4 is 39.2 Å². The Balaban J connectivity index is 2.33. The van der Waals surface area contributed by atoms with Gasteiger partial charge in [0.15, 0.2) is 4.34 Å². The highest BCUT2D eigenvalue weighted by Gasteiger charge is 2.05. The molecular formula is C6H9BrN2OS2. The summed E-state index contributed by atoms with van der Waals surface area (Å²) < 4.78 is 4.96. The van der Waals surface area contributed by atoms with Crippen molar-refractivity contribution in [1.29, 1.82) is 0 Å². The highest BCUT2D eigenvalue weighted by molar-refractivity contribution is 9.09. The van der Waals surface area contributed by atoms with Gasteiger partial charge >= 0.3 is 0 Å². The lowest BCUT2D eigenvalue weighted by Crippen LogP contribution is -2.10. The second-order valence-electron chi connectivity index (χ2n) is 2.23. The van der Waals surface area contributed by atoms with E-state index in [1.807, 2.05) is 6.92 Å². The number of aryl methyl sites for hydroxylation is 1. The number of thioether (sulfide) groups is 1. The van der Waals surface area contributed by atoms with Crippen LogP contribution < -0.4 is 0 Å². The number of aromatic nitrogens is 2. The van der Waals surface area contributed by atoms with E-state index >= 15 is 0 Å². The lowest BCUT2D eigenvalue weighted by atomic mass is 10.5. The highest BCUT2D eigenvalue weighted by atomic mass is 79.9. The Morgan fingerprint density at radius 3 is 3.00 bits per heavy atom. The van der Waals surface area contributed by atoms with Crippen LogP contribution in [0.25, 0.3) is 0 Å². The zero-order valence-electron chi connectivity index (χ0n) is 6.53. The molecule has 68 valence electrons. The fourth-order valence-corrected chi connectivity index (χ4v) is 2.68. The van der Waals surface area contributed by atoms with E-state index in [0.717, 1.165) is 10.2 Å². The van der Waals surface area contributed by atoms with Crippen LogP contribution in [0.5, 0.6) is 0 Å². The number of nitrogens with zero attached hydrogens (tertiary/aromatic N) is 2. The molecule has 1 aromatic heterocycles. The van der Waals surface area contributed by atoms with Gasteiger partial charge in [-0.05, 0) is 18.5 Å². The molecule has 0 radical (unpaired) electrons. The lowest BCUT2D eigenvalue weighted by molar-refractivity contribution is 0.226. The van der Waals surface area contributed by atoms with Gasteiger partial charge in [-0.25, -0.2) is 4.98 Å². The smallest absolute Gasteiger partial charge is 0.170 e. The summed E-state index contributed by atoms with van der Waals surface area (Å²) in [5.41, 5.74) is 0. The predicted octanol–water partition coefficient (Wildman–Crippen LogP) is 1.69. The Morgan fingerprint density at radius 2 is 2.50 bits per heavy atom. The van der Waals surface area contributed by atoms with Crippen LogP contribution in [0, 0.1) is 6.92 Å². The first-order valence-electron chi connectivity index (χ1n) is 3.39. The van der Waals surface area contributed by atoms with Crippen molar-refractivity contribution in [3.05, 3.63) is 5.82 Å². The summed E-state index contributed by atoms with van der Waals surface area (Å²) in [6.45, 7) is 1.86. The summed E-state index contributed by atoms with van der Waals surface area (Å²) in [5, 5.41) is 9.82. The predicted molar refractivity (Wildman–Crippen MR) is 55.2 cm³/mol. The van der Waals surface area contributed by atoms with Crippen molar-refractivity contribution in [2.45, 2.75) is 17.4 Å². The third-order valence-electron chi connectivity index (χ3n) is 1.09. The molecule has 0 fully saturated rings. The van der Waals surface area contributed by atoms with Crippen LogP contribution in [0.1, 0.15) is 5.82 Å². The van der Waals surface area contributed by atoms with Gasteiger partial charge in [-0.1, -0.05) is 27.7 Å². The van der Waals surface area contributed by atoms with Crippen molar-refractivity contribution in [2.24, 2.45) is 0 Å². The molecule has 0 spiro atoms. The van der Waals surface area contributed by atoms with Crippen molar-refractivity contribution in [3.8, 4) is 0 Å². The Morgan fingerprint density at radius 1 is 1.75 bits per heavy atom. The molecule has 0 saturated heterocycles. The van der Waals surface area contributed by atoms with Crippen molar-refractivity contribution < 1.29 is 5.11 Å². The van der Waals surface area contributed by atoms with E-state index < -0.39 is 0 Å². The molecule has 0 aromatic carbocycles. The fourth-order valence-electron chi connectivity index (χ4n) is 0.549. The second-order valence-corrected chi connectivity index (χ2v) is 4.89.